The van der Waals surface area contributed by atoms with E-state index in [1.54, 1.807) is 12.1 Å². The molecule has 0 saturated carbocycles. The number of rotatable bonds is 7. The Morgan fingerprint density at radius 1 is 1.09 bits per heavy atom. The summed E-state index contributed by atoms with van der Waals surface area (Å²) >= 11 is 0. The van der Waals surface area contributed by atoms with Crippen molar-refractivity contribution < 1.29 is 14.4 Å². The van der Waals surface area contributed by atoms with E-state index < -0.39 is 0 Å². The molecule has 0 bridgehead atoms. The number of hydrazine groups is 1. The van der Waals surface area contributed by atoms with Gasteiger partial charge in [-0.15, -0.1) is 0 Å². The number of hydrogen-bond acceptors (Lipinski definition) is 5. The number of benzene rings is 1. The Morgan fingerprint density at radius 3 is 2.32 bits per heavy atom. The highest BCUT2D eigenvalue weighted by molar-refractivity contribution is 6.28. The summed E-state index contributed by atoms with van der Waals surface area (Å²) in [7, 11) is 0. The first-order valence-electron chi connectivity index (χ1n) is 6.97. The Bertz CT molecular complexity index is 577. The van der Waals surface area contributed by atoms with Gasteiger partial charge in [-0.3, -0.25) is 19.8 Å². The lowest BCUT2D eigenvalue weighted by atomic mass is 10.2. The van der Waals surface area contributed by atoms with Crippen molar-refractivity contribution in [2.24, 2.45) is 5.84 Å². The highest BCUT2D eigenvalue weighted by atomic mass is 16.2. The highest BCUT2D eigenvalue weighted by Gasteiger charge is 2.24. The van der Waals surface area contributed by atoms with Crippen molar-refractivity contribution in [3.63, 3.8) is 0 Å². The van der Waals surface area contributed by atoms with E-state index >= 15 is 0 Å². The molecule has 1 heterocycles. The molecular formula is C15H18N4O3. The maximum absolute atomic E-state index is 11.6. The van der Waals surface area contributed by atoms with Crippen LogP contribution in [0.15, 0.2) is 36.4 Å². The summed E-state index contributed by atoms with van der Waals surface area (Å²) in [6.45, 7) is 1.34. The van der Waals surface area contributed by atoms with Crippen molar-refractivity contribution in [1.82, 2.24) is 10.7 Å². The molecule has 116 valence electrons. The topological polar surface area (TPSA) is 105 Å². The van der Waals surface area contributed by atoms with Crippen molar-refractivity contribution in [2.75, 3.05) is 11.4 Å². The van der Waals surface area contributed by atoms with Crippen LogP contribution in [-0.4, -0.2) is 24.3 Å². The van der Waals surface area contributed by atoms with Crippen LogP contribution in [0.2, 0.25) is 0 Å². The molecule has 22 heavy (non-hydrogen) atoms. The van der Waals surface area contributed by atoms with Gasteiger partial charge < -0.3 is 5.32 Å². The molecule has 3 amide bonds. The average Bonchev–Trinajstić information content (AvgIpc) is 2.86. The van der Waals surface area contributed by atoms with Crippen LogP contribution in [0.5, 0.6) is 0 Å². The van der Waals surface area contributed by atoms with E-state index in [1.807, 2.05) is 12.1 Å². The lowest BCUT2D eigenvalue weighted by Crippen LogP contribution is -2.30. The molecule has 0 radical (unpaired) electrons. The molecule has 1 aromatic carbocycles. The van der Waals surface area contributed by atoms with Crippen LogP contribution < -0.4 is 21.5 Å². The van der Waals surface area contributed by atoms with E-state index in [-0.39, 0.29) is 17.7 Å². The van der Waals surface area contributed by atoms with Gasteiger partial charge in [0.2, 0.25) is 5.91 Å². The van der Waals surface area contributed by atoms with Gasteiger partial charge in [0.05, 0.1) is 5.69 Å². The van der Waals surface area contributed by atoms with Gasteiger partial charge in [0.1, 0.15) is 0 Å². The fourth-order valence-electron chi connectivity index (χ4n) is 2.10. The van der Waals surface area contributed by atoms with Crippen LogP contribution in [0.3, 0.4) is 0 Å². The van der Waals surface area contributed by atoms with Crippen LogP contribution in [0.1, 0.15) is 18.4 Å². The fourth-order valence-corrected chi connectivity index (χ4v) is 2.10. The summed E-state index contributed by atoms with van der Waals surface area (Å²) in [5.41, 5.74) is 3.67. The van der Waals surface area contributed by atoms with Gasteiger partial charge in [0, 0.05) is 25.1 Å². The zero-order valence-corrected chi connectivity index (χ0v) is 12.0. The number of hydrogen-bond donors (Lipinski definition) is 3. The Morgan fingerprint density at radius 2 is 1.73 bits per heavy atom. The Labute approximate surface area is 128 Å². The first kappa shape index (κ1) is 15.9. The second kappa shape index (κ2) is 7.48. The van der Waals surface area contributed by atoms with E-state index in [0.29, 0.717) is 31.6 Å². The van der Waals surface area contributed by atoms with Gasteiger partial charge in [-0.1, -0.05) is 12.1 Å². The molecule has 0 atom stereocenters. The predicted molar refractivity (Wildman–Crippen MR) is 81.3 cm³/mol. The summed E-state index contributed by atoms with van der Waals surface area (Å²) in [5, 5.41) is 3.21. The molecule has 0 aliphatic carbocycles. The van der Waals surface area contributed by atoms with Crippen molar-refractivity contribution in [3.05, 3.63) is 42.0 Å². The smallest absolute Gasteiger partial charge is 0.258 e. The maximum atomic E-state index is 11.6. The SMILES string of the molecule is NNC(=O)CCCNCc1ccc(N2C(=O)C=CC2=O)cc1. The first-order valence-corrected chi connectivity index (χ1v) is 6.97. The number of carbonyl (C=O) groups is 3. The molecule has 0 saturated heterocycles. The van der Waals surface area contributed by atoms with Gasteiger partial charge in [-0.05, 0) is 30.7 Å². The van der Waals surface area contributed by atoms with Gasteiger partial charge in [0.15, 0.2) is 0 Å². The minimum atomic E-state index is -0.325. The summed E-state index contributed by atoms with van der Waals surface area (Å²) in [5.74, 6) is 4.16. The molecule has 1 aliphatic rings. The summed E-state index contributed by atoms with van der Waals surface area (Å²) in [4.78, 5) is 35.2. The molecule has 0 unspecified atom stereocenters. The van der Waals surface area contributed by atoms with E-state index in [1.165, 1.54) is 12.2 Å². The maximum Gasteiger partial charge on any atom is 0.258 e. The highest BCUT2D eigenvalue weighted by Crippen LogP contribution is 2.19. The number of anilines is 1. The molecule has 1 aromatic rings. The van der Waals surface area contributed by atoms with Crippen molar-refractivity contribution in [3.8, 4) is 0 Å². The molecule has 4 N–H and O–H groups in total. The molecule has 1 aliphatic heterocycles. The lowest BCUT2D eigenvalue weighted by Gasteiger charge is -2.14. The summed E-state index contributed by atoms with van der Waals surface area (Å²) in [6.07, 6.45) is 3.60. The second-order valence-electron chi connectivity index (χ2n) is 4.86. The largest absolute Gasteiger partial charge is 0.313 e. The van der Waals surface area contributed by atoms with Crippen molar-refractivity contribution >= 4 is 23.4 Å². The van der Waals surface area contributed by atoms with Crippen molar-refractivity contribution in [2.45, 2.75) is 19.4 Å². The lowest BCUT2D eigenvalue weighted by molar-refractivity contribution is -0.121. The molecule has 0 spiro atoms. The Balaban J connectivity index is 1.79. The van der Waals surface area contributed by atoms with Gasteiger partial charge in [-0.2, -0.15) is 0 Å². The Kier molecular flexibility index (Phi) is 5.40. The Hall–Kier alpha value is -2.51. The quantitative estimate of drug-likeness (QED) is 0.216. The molecular weight excluding hydrogens is 284 g/mol. The van der Waals surface area contributed by atoms with Crippen LogP contribution in [0, 0.1) is 0 Å². The van der Waals surface area contributed by atoms with E-state index in [4.69, 9.17) is 5.84 Å². The van der Waals surface area contributed by atoms with Gasteiger partial charge >= 0.3 is 0 Å². The third-order valence-corrected chi connectivity index (χ3v) is 3.25. The summed E-state index contributed by atoms with van der Waals surface area (Å²) < 4.78 is 0. The number of nitrogens with one attached hydrogen (secondary N) is 2. The van der Waals surface area contributed by atoms with Crippen LogP contribution in [0.25, 0.3) is 0 Å². The molecule has 0 fully saturated rings. The van der Waals surface area contributed by atoms with E-state index in [2.05, 4.69) is 10.7 Å². The molecule has 7 heteroatoms. The minimum Gasteiger partial charge on any atom is -0.313 e. The van der Waals surface area contributed by atoms with Crippen LogP contribution in [0.4, 0.5) is 5.69 Å². The average molecular weight is 302 g/mol. The van der Waals surface area contributed by atoms with Crippen molar-refractivity contribution in [1.29, 1.82) is 0 Å². The molecule has 7 nitrogen and oxygen atoms in total. The third kappa shape index (κ3) is 4.00. The minimum absolute atomic E-state index is 0.181. The standard InChI is InChI=1S/C15H18N4O3/c16-18-13(20)2-1-9-17-10-11-3-5-12(6-4-11)19-14(21)7-8-15(19)22/h3-8,17H,1-2,9-10,16H2,(H,18,20). The normalized spacial score (nSPS) is 13.8. The zero-order chi connectivity index (χ0) is 15.9. The van der Waals surface area contributed by atoms with Gasteiger partial charge in [-0.25, -0.2) is 10.7 Å². The fraction of sp³-hybridized carbons (Fsp3) is 0.267. The number of nitrogens with two attached hydrogens (primary N) is 1. The summed E-state index contributed by atoms with van der Waals surface area (Å²) in [6, 6.07) is 7.19. The predicted octanol–water partition coefficient (Wildman–Crippen LogP) is -0.0243. The van der Waals surface area contributed by atoms with E-state index in [9.17, 15) is 14.4 Å². The number of imide groups is 1. The van der Waals surface area contributed by atoms with Gasteiger partial charge in [0.25, 0.3) is 11.8 Å². The zero-order valence-electron chi connectivity index (χ0n) is 12.0. The molecule has 0 aromatic heterocycles. The molecule has 2 rings (SSSR count). The first-order chi connectivity index (χ1) is 10.6. The third-order valence-electron chi connectivity index (χ3n) is 3.25. The number of nitrogens with zero attached hydrogens (tertiary/aromatic N) is 1. The number of amides is 3. The van der Waals surface area contributed by atoms with Crippen LogP contribution >= 0.6 is 0 Å². The monoisotopic (exact) mass is 302 g/mol. The second-order valence-corrected chi connectivity index (χ2v) is 4.86. The number of carbonyl (C=O) groups excluding carboxylic acids is 3. The van der Waals surface area contributed by atoms with Crippen LogP contribution in [-0.2, 0) is 20.9 Å². The van der Waals surface area contributed by atoms with E-state index in [0.717, 1.165) is 10.5 Å².